The van der Waals surface area contributed by atoms with E-state index in [9.17, 15) is 26.4 Å². The molecule has 0 unspecified atom stereocenters. The Bertz CT molecular complexity index is 1240. The number of amides is 1. The van der Waals surface area contributed by atoms with Crippen LogP contribution in [0.2, 0.25) is 0 Å². The number of carbonyl (C=O) groups excluding carboxylic acids is 1. The number of hydrogen-bond donors (Lipinski definition) is 2. The summed E-state index contributed by atoms with van der Waals surface area (Å²) in [5.74, 6) is -0.797. The SMILES string of the molecule is CCCCc1ccc(NS(=O)(=O)c2ccc(C)c(C(=O)Nc3nnc(C(F)(F)F)s3)c2)cc1. The summed E-state index contributed by atoms with van der Waals surface area (Å²) in [5, 5.41) is 7.01. The number of anilines is 2. The number of unbranched alkanes of at least 4 members (excludes halogenated alkanes) is 1. The van der Waals surface area contributed by atoms with Crippen molar-refractivity contribution < 1.29 is 26.4 Å². The normalized spacial score (nSPS) is 11.9. The number of benzene rings is 2. The number of nitrogens with one attached hydrogen (secondary N) is 2. The Morgan fingerprint density at radius 3 is 2.39 bits per heavy atom. The van der Waals surface area contributed by atoms with Crippen LogP contribution in [0, 0.1) is 6.92 Å². The molecule has 0 saturated heterocycles. The molecule has 2 N–H and O–H groups in total. The van der Waals surface area contributed by atoms with E-state index in [1.165, 1.54) is 12.1 Å². The molecule has 0 bridgehead atoms. The molecule has 0 atom stereocenters. The molecule has 3 aromatic rings. The van der Waals surface area contributed by atoms with Gasteiger partial charge in [0.2, 0.25) is 10.1 Å². The van der Waals surface area contributed by atoms with Crippen LogP contribution in [0.3, 0.4) is 0 Å². The lowest BCUT2D eigenvalue weighted by Gasteiger charge is -2.11. The number of halogens is 3. The topological polar surface area (TPSA) is 101 Å². The standard InChI is InChI=1S/C21H21F3N4O3S2/c1-3-4-5-14-7-9-15(10-8-14)28-33(30,31)16-11-6-13(2)17(12-16)18(29)25-20-27-26-19(32-20)21(22,23)24/h6-12,28H,3-5H2,1-2H3,(H,25,27,29). The van der Waals surface area contributed by atoms with Gasteiger partial charge in [0, 0.05) is 11.3 Å². The van der Waals surface area contributed by atoms with Crippen molar-refractivity contribution in [2.45, 2.75) is 44.2 Å². The molecule has 0 aliphatic carbocycles. The maximum absolute atomic E-state index is 12.8. The first-order valence-electron chi connectivity index (χ1n) is 9.94. The number of carbonyl (C=O) groups is 1. The molecule has 0 radical (unpaired) electrons. The van der Waals surface area contributed by atoms with Crippen LogP contribution in [0.15, 0.2) is 47.4 Å². The van der Waals surface area contributed by atoms with Gasteiger partial charge in [0.25, 0.3) is 15.9 Å². The van der Waals surface area contributed by atoms with Crippen LogP contribution in [-0.2, 0) is 22.6 Å². The Kier molecular flexibility index (Phi) is 7.38. The second-order valence-electron chi connectivity index (χ2n) is 7.25. The van der Waals surface area contributed by atoms with E-state index < -0.39 is 27.1 Å². The van der Waals surface area contributed by atoms with E-state index in [4.69, 9.17) is 0 Å². The van der Waals surface area contributed by atoms with Crippen molar-refractivity contribution in [3.05, 3.63) is 64.2 Å². The lowest BCUT2D eigenvalue weighted by atomic mass is 10.1. The van der Waals surface area contributed by atoms with Gasteiger partial charge in [-0.1, -0.05) is 42.9 Å². The van der Waals surface area contributed by atoms with E-state index in [1.54, 1.807) is 19.1 Å². The van der Waals surface area contributed by atoms with Gasteiger partial charge in [0.15, 0.2) is 0 Å². The summed E-state index contributed by atoms with van der Waals surface area (Å²) in [5.41, 5.74) is 1.89. The highest BCUT2D eigenvalue weighted by atomic mass is 32.2. The molecule has 2 aromatic carbocycles. The van der Waals surface area contributed by atoms with Gasteiger partial charge in [-0.3, -0.25) is 14.8 Å². The molecule has 1 aromatic heterocycles. The summed E-state index contributed by atoms with van der Waals surface area (Å²) < 4.78 is 66.2. The van der Waals surface area contributed by atoms with Crippen molar-refractivity contribution in [1.29, 1.82) is 0 Å². The maximum atomic E-state index is 12.8. The number of sulfonamides is 1. The van der Waals surface area contributed by atoms with E-state index in [-0.39, 0.29) is 26.9 Å². The van der Waals surface area contributed by atoms with Gasteiger partial charge in [-0.05, 0) is 55.2 Å². The zero-order chi connectivity index (χ0) is 24.2. The van der Waals surface area contributed by atoms with Gasteiger partial charge in [-0.15, -0.1) is 10.2 Å². The molecular weight excluding hydrogens is 477 g/mol. The summed E-state index contributed by atoms with van der Waals surface area (Å²) in [7, 11) is -4.01. The molecular formula is C21H21F3N4O3S2. The molecule has 1 amide bonds. The fourth-order valence-electron chi connectivity index (χ4n) is 2.90. The predicted molar refractivity (Wildman–Crippen MR) is 120 cm³/mol. The number of nitrogens with zero attached hydrogens (tertiary/aromatic N) is 2. The fourth-order valence-corrected chi connectivity index (χ4v) is 4.59. The minimum absolute atomic E-state index is 0.0171. The maximum Gasteiger partial charge on any atom is 0.445 e. The van der Waals surface area contributed by atoms with Gasteiger partial charge >= 0.3 is 6.18 Å². The molecule has 176 valence electrons. The molecule has 0 fully saturated rings. The third-order valence-electron chi connectivity index (χ3n) is 4.68. The van der Waals surface area contributed by atoms with Gasteiger partial charge in [0.1, 0.15) is 0 Å². The highest BCUT2D eigenvalue weighted by Gasteiger charge is 2.36. The molecule has 0 aliphatic heterocycles. The van der Waals surface area contributed by atoms with E-state index >= 15 is 0 Å². The number of alkyl halides is 3. The first-order valence-corrected chi connectivity index (χ1v) is 12.2. The van der Waals surface area contributed by atoms with Crippen LogP contribution in [0.5, 0.6) is 0 Å². The molecule has 0 saturated carbocycles. The molecule has 1 heterocycles. The Balaban J connectivity index is 1.78. The van der Waals surface area contributed by atoms with Gasteiger partial charge in [-0.2, -0.15) is 13.2 Å². The van der Waals surface area contributed by atoms with Crippen molar-refractivity contribution >= 4 is 38.1 Å². The molecule has 7 nitrogen and oxygen atoms in total. The van der Waals surface area contributed by atoms with E-state index in [0.29, 0.717) is 11.3 Å². The highest BCUT2D eigenvalue weighted by Crippen LogP contribution is 2.33. The second kappa shape index (κ2) is 9.87. The zero-order valence-corrected chi connectivity index (χ0v) is 19.4. The summed E-state index contributed by atoms with van der Waals surface area (Å²) in [6, 6.07) is 11.0. The Morgan fingerprint density at radius 2 is 1.79 bits per heavy atom. The number of aryl methyl sites for hydroxylation is 2. The summed E-state index contributed by atoms with van der Waals surface area (Å²) in [6.45, 7) is 3.67. The van der Waals surface area contributed by atoms with Crippen molar-refractivity contribution in [1.82, 2.24) is 10.2 Å². The monoisotopic (exact) mass is 498 g/mol. The van der Waals surface area contributed by atoms with Crippen molar-refractivity contribution in [2.24, 2.45) is 0 Å². The quantitative estimate of drug-likeness (QED) is 0.441. The van der Waals surface area contributed by atoms with Crippen LogP contribution in [-0.4, -0.2) is 24.5 Å². The third-order valence-corrected chi connectivity index (χ3v) is 6.94. The fraction of sp³-hybridized carbons (Fsp3) is 0.286. The molecule has 3 rings (SSSR count). The highest BCUT2D eigenvalue weighted by molar-refractivity contribution is 7.92. The summed E-state index contributed by atoms with van der Waals surface area (Å²) in [4.78, 5) is 12.4. The zero-order valence-electron chi connectivity index (χ0n) is 17.7. The van der Waals surface area contributed by atoms with Gasteiger partial charge < -0.3 is 0 Å². The van der Waals surface area contributed by atoms with Crippen LogP contribution < -0.4 is 10.0 Å². The van der Waals surface area contributed by atoms with Crippen molar-refractivity contribution in [3.8, 4) is 0 Å². The summed E-state index contributed by atoms with van der Waals surface area (Å²) in [6.07, 6.45) is -1.68. The lowest BCUT2D eigenvalue weighted by molar-refractivity contribution is -0.138. The Morgan fingerprint density at radius 1 is 1.09 bits per heavy atom. The number of rotatable bonds is 8. The van der Waals surface area contributed by atoms with E-state index in [2.05, 4.69) is 27.2 Å². The van der Waals surface area contributed by atoms with Crippen LogP contribution in [0.25, 0.3) is 0 Å². The van der Waals surface area contributed by atoms with Crippen molar-refractivity contribution in [2.75, 3.05) is 10.0 Å². The number of aromatic nitrogens is 2. The minimum atomic E-state index is -4.68. The Labute approximate surface area is 193 Å². The van der Waals surface area contributed by atoms with E-state index in [1.807, 2.05) is 12.1 Å². The minimum Gasteiger partial charge on any atom is -0.296 e. The average Bonchev–Trinajstić information content (AvgIpc) is 3.22. The van der Waals surface area contributed by atoms with Crippen LogP contribution in [0.4, 0.5) is 24.0 Å². The van der Waals surface area contributed by atoms with Crippen LogP contribution in [0.1, 0.15) is 46.3 Å². The summed E-state index contributed by atoms with van der Waals surface area (Å²) >= 11 is 0.176. The van der Waals surface area contributed by atoms with E-state index in [0.717, 1.165) is 30.9 Å². The first-order chi connectivity index (χ1) is 15.5. The smallest absolute Gasteiger partial charge is 0.296 e. The molecule has 0 spiro atoms. The van der Waals surface area contributed by atoms with Crippen LogP contribution >= 0.6 is 11.3 Å². The predicted octanol–water partition coefficient (Wildman–Crippen LogP) is 5.26. The molecule has 33 heavy (non-hydrogen) atoms. The first kappa shape index (κ1) is 24.6. The van der Waals surface area contributed by atoms with Crippen molar-refractivity contribution in [3.63, 3.8) is 0 Å². The second-order valence-corrected chi connectivity index (χ2v) is 9.91. The molecule has 0 aliphatic rings. The lowest BCUT2D eigenvalue weighted by Crippen LogP contribution is -2.17. The number of hydrogen-bond acceptors (Lipinski definition) is 6. The third kappa shape index (κ3) is 6.29. The molecule has 12 heteroatoms. The van der Waals surface area contributed by atoms with Gasteiger partial charge in [0.05, 0.1) is 4.90 Å². The van der Waals surface area contributed by atoms with Gasteiger partial charge in [-0.25, -0.2) is 8.42 Å². The Hall–Kier alpha value is -2.99. The largest absolute Gasteiger partial charge is 0.445 e. The average molecular weight is 499 g/mol.